The van der Waals surface area contributed by atoms with Crippen LogP contribution in [0.25, 0.3) is 0 Å². The largest absolute Gasteiger partial charge is 0.772 e. The number of non-ortho nitro benzene ring substituents is 1. The summed E-state index contributed by atoms with van der Waals surface area (Å²) in [4.78, 5) is 20.2. The topological polar surface area (TPSA) is 121 Å². The number of hydrogen-bond acceptors (Lipinski definition) is 4. The standard InChI is InChI=1S/C6H8N3O4P/c7-14(12,13)8-5-1-3-6(4-2-5)9(10)11/h1-4H,(H4,7,8,12,13)/p-1. The molecule has 1 atom stereocenters. The second kappa shape index (κ2) is 3.75. The summed E-state index contributed by atoms with van der Waals surface area (Å²) in [5.41, 5.74) is 4.79. The lowest BCUT2D eigenvalue weighted by Gasteiger charge is -2.19. The first kappa shape index (κ1) is 10.6. The molecule has 0 aliphatic rings. The van der Waals surface area contributed by atoms with E-state index in [1.165, 1.54) is 24.3 Å². The third-order valence-corrected chi connectivity index (χ3v) is 1.93. The Bertz CT molecular complexity index is 385. The first-order chi connectivity index (χ1) is 6.38. The van der Waals surface area contributed by atoms with E-state index in [0.717, 1.165) is 0 Å². The van der Waals surface area contributed by atoms with Crippen molar-refractivity contribution >= 4 is 19.0 Å². The van der Waals surface area contributed by atoms with Gasteiger partial charge in [-0.15, -0.1) is 0 Å². The first-order valence-corrected chi connectivity index (χ1v) is 5.20. The monoisotopic (exact) mass is 216 g/mol. The first-order valence-electron chi connectivity index (χ1n) is 3.51. The molecule has 0 amide bonds. The minimum Gasteiger partial charge on any atom is -0.772 e. The highest BCUT2D eigenvalue weighted by molar-refractivity contribution is 7.55. The van der Waals surface area contributed by atoms with Gasteiger partial charge < -0.3 is 9.98 Å². The zero-order valence-corrected chi connectivity index (χ0v) is 7.81. The summed E-state index contributed by atoms with van der Waals surface area (Å²) in [5.74, 6) is 0. The Morgan fingerprint density at radius 2 is 1.86 bits per heavy atom. The van der Waals surface area contributed by atoms with E-state index in [9.17, 15) is 19.6 Å². The number of nitrogens with two attached hydrogens (primary N) is 1. The molecule has 76 valence electrons. The van der Waals surface area contributed by atoms with E-state index < -0.39 is 12.6 Å². The molecule has 3 N–H and O–H groups in total. The van der Waals surface area contributed by atoms with Gasteiger partial charge in [0.05, 0.1) is 4.92 Å². The van der Waals surface area contributed by atoms with Gasteiger partial charge in [0.25, 0.3) is 5.69 Å². The van der Waals surface area contributed by atoms with Gasteiger partial charge in [-0.3, -0.25) is 20.2 Å². The van der Waals surface area contributed by atoms with E-state index in [0.29, 0.717) is 0 Å². The molecule has 7 nitrogen and oxygen atoms in total. The SMILES string of the molecule is NP(=O)([O-])Nc1ccc([N+](=O)[O-])cc1. The summed E-state index contributed by atoms with van der Waals surface area (Å²) in [6.45, 7) is 0. The molecule has 0 aromatic heterocycles. The normalized spacial score (nSPS) is 14.4. The maximum Gasteiger partial charge on any atom is 0.269 e. The Kier molecular flexibility index (Phi) is 2.85. The van der Waals surface area contributed by atoms with E-state index in [-0.39, 0.29) is 11.4 Å². The molecule has 0 fully saturated rings. The molecule has 14 heavy (non-hydrogen) atoms. The van der Waals surface area contributed by atoms with Gasteiger partial charge in [0.15, 0.2) is 7.67 Å². The minimum absolute atomic E-state index is 0.117. The molecule has 0 saturated heterocycles. The maximum atomic E-state index is 10.6. The maximum absolute atomic E-state index is 10.6. The fourth-order valence-corrected chi connectivity index (χ4v) is 1.35. The lowest BCUT2D eigenvalue weighted by molar-refractivity contribution is -0.384. The van der Waals surface area contributed by atoms with Crippen LogP contribution in [-0.4, -0.2) is 4.92 Å². The van der Waals surface area contributed by atoms with E-state index in [4.69, 9.17) is 5.50 Å². The van der Waals surface area contributed by atoms with Crippen LogP contribution in [0.2, 0.25) is 0 Å². The summed E-state index contributed by atoms with van der Waals surface area (Å²) in [6.07, 6.45) is 0. The van der Waals surface area contributed by atoms with Crippen molar-refractivity contribution in [3.05, 3.63) is 34.4 Å². The molecule has 0 aliphatic carbocycles. The Hall–Kier alpha value is -1.43. The smallest absolute Gasteiger partial charge is 0.269 e. The van der Waals surface area contributed by atoms with Crippen LogP contribution in [0.4, 0.5) is 11.4 Å². The molecular formula is C6H7N3O4P-. The fourth-order valence-electron chi connectivity index (χ4n) is 0.838. The molecule has 1 rings (SSSR count). The number of nitrogens with zero attached hydrogens (tertiary/aromatic N) is 1. The van der Waals surface area contributed by atoms with Crippen molar-refractivity contribution in [1.29, 1.82) is 0 Å². The summed E-state index contributed by atoms with van der Waals surface area (Å²) < 4.78 is 10.6. The quantitative estimate of drug-likeness (QED) is 0.429. The molecule has 0 saturated carbocycles. The number of anilines is 1. The van der Waals surface area contributed by atoms with Crippen molar-refractivity contribution in [2.24, 2.45) is 5.50 Å². The van der Waals surface area contributed by atoms with Crippen LogP contribution in [0.15, 0.2) is 24.3 Å². The summed E-state index contributed by atoms with van der Waals surface area (Å²) in [5, 5.41) is 12.2. The Morgan fingerprint density at radius 1 is 1.36 bits per heavy atom. The van der Waals surface area contributed by atoms with Gasteiger partial charge in [-0.25, -0.2) is 0 Å². The van der Waals surface area contributed by atoms with Crippen LogP contribution in [-0.2, 0) is 4.57 Å². The predicted molar refractivity (Wildman–Crippen MR) is 48.5 cm³/mol. The summed E-state index contributed by atoms with van der Waals surface area (Å²) in [6, 6.07) is 4.88. The predicted octanol–water partition coefficient (Wildman–Crippen LogP) is 0.434. The van der Waals surface area contributed by atoms with Gasteiger partial charge in [0, 0.05) is 17.8 Å². The van der Waals surface area contributed by atoms with Gasteiger partial charge >= 0.3 is 0 Å². The molecule has 1 aromatic carbocycles. The Labute approximate surface area is 79.3 Å². The van der Waals surface area contributed by atoms with E-state index in [1.807, 2.05) is 5.09 Å². The lowest BCUT2D eigenvalue weighted by Crippen LogP contribution is -2.16. The van der Waals surface area contributed by atoms with Gasteiger partial charge in [-0.1, -0.05) is 0 Å². The highest BCUT2D eigenvalue weighted by Crippen LogP contribution is 2.27. The third kappa shape index (κ3) is 3.14. The number of nitro benzene ring substituents is 1. The Morgan fingerprint density at radius 3 is 2.21 bits per heavy atom. The molecule has 1 unspecified atom stereocenters. The molecule has 0 aliphatic heterocycles. The second-order valence-corrected chi connectivity index (χ2v) is 3.93. The third-order valence-electron chi connectivity index (χ3n) is 1.36. The van der Waals surface area contributed by atoms with E-state index >= 15 is 0 Å². The fraction of sp³-hybridized carbons (Fsp3) is 0. The van der Waals surface area contributed by atoms with Crippen molar-refractivity contribution in [2.75, 3.05) is 5.09 Å². The van der Waals surface area contributed by atoms with E-state index in [1.54, 1.807) is 0 Å². The van der Waals surface area contributed by atoms with Gasteiger partial charge in [0.2, 0.25) is 0 Å². The molecule has 0 radical (unpaired) electrons. The summed E-state index contributed by atoms with van der Waals surface area (Å²) >= 11 is 0. The van der Waals surface area contributed by atoms with Gasteiger partial charge in [-0.2, -0.15) is 0 Å². The molecule has 0 spiro atoms. The van der Waals surface area contributed by atoms with Crippen molar-refractivity contribution in [3.63, 3.8) is 0 Å². The van der Waals surface area contributed by atoms with Crippen molar-refractivity contribution in [3.8, 4) is 0 Å². The van der Waals surface area contributed by atoms with E-state index in [2.05, 4.69) is 0 Å². The highest BCUT2D eigenvalue weighted by Gasteiger charge is 2.05. The van der Waals surface area contributed by atoms with Crippen molar-refractivity contribution in [2.45, 2.75) is 0 Å². The minimum atomic E-state index is -4.10. The van der Waals surface area contributed by atoms with Crippen molar-refractivity contribution < 1.29 is 14.4 Å². The van der Waals surface area contributed by atoms with Crippen LogP contribution in [0, 0.1) is 10.1 Å². The van der Waals surface area contributed by atoms with Crippen LogP contribution in [0.3, 0.4) is 0 Å². The van der Waals surface area contributed by atoms with Gasteiger partial charge in [0.1, 0.15) is 0 Å². The molecule has 1 aromatic rings. The number of benzene rings is 1. The second-order valence-electron chi connectivity index (χ2n) is 2.51. The number of rotatable bonds is 3. The number of hydrogen-bond donors (Lipinski definition) is 2. The average Bonchev–Trinajstić information content (AvgIpc) is 2.02. The molecule has 0 heterocycles. The zero-order chi connectivity index (χ0) is 10.8. The van der Waals surface area contributed by atoms with Crippen LogP contribution in [0.1, 0.15) is 0 Å². The highest BCUT2D eigenvalue weighted by atomic mass is 31.2. The van der Waals surface area contributed by atoms with Crippen molar-refractivity contribution in [1.82, 2.24) is 0 Å². The van der Waals surface area contributed by atoms with Crippen LogP contribution < -0.4 is 15.5 Å². The molecule has 0 bridgehead atoms. The average molecular weight is 216 g/mol. The Balaban J connectivity index is 2.84. The molecular weight excluding hydrogens is 209 g/mol. The number of nitrogens with one attached hydrogen (secondary N) is 1. The lowest BCUT2D eigenvalue weighted by atomic mass is 10.3. The molecule has 8 heteroatoms. The number of nitro groups is 1. The van der Waals surface area contributed by atoms with Gasteiger partial charge in [-0.05, 0) is 12.1 Å². The summed E-state index contributed by atoms with van der Waals surface area (Å²) in [7, 11) is -4.10. The van der Waals surface area contributed by atoms with Crippen LogP contribution >= 0.6 is 7.67 Å². The van der Waals surface area contributed by atoms with Crippen LogP contribution in [0.5, 0.6) is 0 Å². The zero-order valence-electron chi connectivity index (χ0n) is 6.91.